The summed E-state index contributed by atoms with van der Waals surface area (Å²) in [6.07, 6.45) is 6.09. The fraction of sp³-hybridized carbons (Fsp3) is 0.474. The Bertz CT molecular complexity index is 663. The van der Waals surface area contributed by atoms with Crippen molar-refractivity contribution in [1.29, 1.82) is 0 Å². The molecule has 0 amide bonds. The van der Waals surface area contributed by atoms with E-state index >= 15 is 0 Å². The molecule has 25 heavy (non-hydrogen) atoms. The molecule has 2 rings (SSSR count). The summed E-state index contributed by atoms with van der Waals surface area (Å²) in [6.45, 7) is 4.76. The van der Waals surface area contributed by atoms with Crippen molar-refractivity contribution in [3.63, 3.8) is 0 Å². The molecule has 136 valence electrons. The fourth-order valence-electron chi connectivity index (χ4n) is 2.71. The summed E-state index contributed by atoms with van der Waals surface area (Å²) in [6, 6.07) is 8.13. The van der Waals surface area contributed by atoms with Gasteiger partial charge in [0, 0.05) is 46.1 Å². The minimum atomic E-state index is 0.803. The average molecular weight is 343 g/mol. The Morgan fingerprint density at radius 2 is 2.04 bits per heavy atom. The molecule has 0 aliphatic carbocycles. The third-order valence-corrected chi connectivity index (χ3v) is 4.18. The van der Waals surface area contributed by atoms with Crippen molar-refractivity contribution in [2.75, 3.05) is 27.7 Å². The zero-order valence-corrected chi connectivity index (χ0v) is 15.7. The number of aliphatic imine (C=N–C) groups is 1. The van der Waals surface area contributed by atoms with Crippen LogP contribution in [0.4, 0.5) is 0 Å². The van der Waals surface area contributed by atoms with Gasteiger partial charge in [-0.3, -0.25) is 4.99 Å². The molecule has 0 aliphatic heterocycles. The van der Waals surface area contributed by atoms with Crippen molar-refractivity contribution in [1.82, 2.24) is 19.8 Å². The molecule has 0 radical (unpaired) electrons. The van der Waals surface area contributed by atoms with Crippen LogP contribution < -0.4 is 10.1 Å². The largest absolute Gasteiger partial charge is 0.497 e. The number of benzene rings is 1. The predicted octanol–water partition coefficient (Wildman–Crippen LogP) is 2.69. The molecule has 0 atom stereocenters. The second-order valence-corrected chi connectivity index (χ2v) is 6.05. The van der Waals surface area contributed by atoms with Gasteiger partial charge in [-0.1, -0.05) is 12.1 Å². The number of ether oxygens (including phenoxy) is 1. The summed E-state index contributed by atoms with van der Waals surface area (Å²) < 4.78 is 7.38. The van der Waals surface area contributed by atoms with Crippen LogP contribution in [-0.4, -0.2) is 48.2 Å². The van der Waals surface area contributed by atoms with E-state index in [1.165, 1.54) is 5.56 Å². The number of hydrogen-bond donors (Lipinski definition) is 1. The number of methoxy groups -OCH3 is 1. The van der Waals surface area contributed by atoms with Gasteiger partial charge in [0.05, 0.1) is 7.11 Å². The molecule has 1 aromatic heterocycles. The van der Waals surface area contributed by atoms with Gasteiger partial charge in [0.25, 0.3) is 0 Å². The molecular formula is C19H29N5O. The quantitative estimate of drug-likeness (QED) is 0.455. The van der Waals surface area contributed by atoms with Crippen LogP contribution in [0.25, 0.3) is 0 Å². The topological polar surface area (TPSA) is 54.7 Å². The first-order valence-corrected chi connectivity index (χ1v) is 8.66. The smallest absolute Gasteiger partial charge is 0.193 e. The van der Waals surface area contributed by atoms with Crippen molar-refractivity contribution in [3.8, 4) is 5.75 Å². The highest BCUT2D eigenvalue weighted by atomic mass is 16.5. The summed E-state index contributed by atoms with van der Waals surface area (Å²) in [5.74, 6) is 2.86. The Balaban J connectivity index is 1.72. The molecule has 0 fully saturated rings. The van der Waals surface area contributed by atoms with Gasteiger partial charge < -0.3 is 19.5 Å². The summed E-state index contributed by atoms with van der Waals surface area (Å²) in [5, 5.41) is 3.43. The van der Waals surface area contributed by atoms with Crippen molar-refractivity contribution < 1.29 is 4.74 Å². The Labute approximate surface area is 150 Å². The highest BCUT2D eigenvalue weighted by Gasteiger charge is 2.06. The standard InChI is InChI=1S/C19H29N5O/c1-16-21-12-14-24(16)13-6-5-11-22-19(20-2)23(3)15-17-7-9-18(25-4)10-8-17/h7-10,12,14H,5-6,11,13,15H2,1-4H3,(H,20,22). The monoisotopic (exact) mass is 343 g/mol. The van der Waals surface area contributed by atoms with E-state index < -0.39 is 0 Å². The Hall–Kier alpha value is -2.50. The first-order chi connectivity index (χ1) is 12.1. The van der Waals surface area contributed by atoms with Gasteiger partial charge in [0.15, 0.2) is 5.96 Å². The molecule has 1 aromatic carbocycles. The molecule has 1 heterocycles. The van der Waals surface area contributed by atoms with Crippen LogP contribution in [-0.2, 0) is 13.1 Å². The lowest BCUT2D eigenvalue weighted by atomic mass is 10.2. The molecule has 0 unspecified atom stereocenters. The SMILES string of the molecule is CN=C(NCCCCn1ccnc1C)N(C)Cc1ccc(OC)cc1. The highest BCUT2D eigenvalue weighted by molar-refractivity contribution is 5.79. The first-order valence-electron chi connectivity index (χ1n) is 8.66. The maximum absolute atomic E-state index is 5.20. The van der Waals surface area contributed by atoms with E-state index in [2.05, 4.69) is 43.9 Å². The van der Waals surface area contributed by atoms with E-state index in [0.717, 1.165) is 50.0 Å². The Morgan fingerprint density at radius 3 is 2.64 bits per heavy atom. The number of nitrogens with zero attached hydrogens (tertiary/aromatic N) is 4. The molecule has 0 spiro atoms. The van der Waals surface area contributed by atoms with Crippen LogP contribution in [0.5, 0.6) is 5.75 Å². The normalized spacial score (nSPS) is 11.4. The predicted molar refractivity (Wildman–Crippen MR) is 102 cm³/mol. The molecule has 0 saturated carbocycles. The van der Waals surface area contributed by atoms with Gasteiger partial charge in [-0.2, -0.15) is 0 Å². The van der Waals surface area contributed by atoms with E-state index in [0.29, 0.717) is 0 Å². The summed E-state index contributed by atoms with van der Waals surface area (Å²) in [5.41, 5.74) is 1.22. The second kappa shape index (κ2) is 9.71. The maximum Gasteiger partial charge on any atom is 0.193 e. The van der Waals surface area contributed by atoms with E-state index in [9.17, 15) is 0 Å². The molecule has 0 saturated heterocycles. The van der Waals surface area contributed by atoms with Gasteiger partial charge in [-0.15, -0.1) is 0 Å². The second-order valence-electron chi connectivity index (χ2n) is 6.05. The highest BCUT2D eigenvalue weighted by Crippen LogP contribution is 2.12. The third-order valence-electron chi connectivity index (χ3n) is 4.18. The lowest BCUT2D eigenvalue weighted by molar-refractivity contribution is 0.414. The van der Waals surface area contributed by atoms with Gasteiger partial charge in [0.2, 0.25) is 0 Å². The van der Waals surface area contributed by atoms with Crippen LogP contribution in [0.1, 0.15) is 24.2 Å². The molecular weight excluding hydrogens is 314 g/mol. The van der Waals surface area contributed by atoms with E-state index in [-0.39, 0.29) is 0 Å². The lowest BCUT2D eigenvalue weighted by Gasteiger charge is -2.22. The number of aromatic nitrogens is 2. The zero-order chi connectivity index (χ0) is 18.1. The third kappa shape index (κ3) is 5.81. The number of guanidine groups is 1. The summed E-state index contributed by atoms with van der Waals surface area (Å²) in [7, 11) is 5.55. The minimum absolute atomic E-state index is 0.803. The van der Waals surface area contributed by atoms with Crippen molar-refractivity contribution >= 4 is 5.96 Å². The van der Waals surface area contributed by atoms with Crippen LogP contribution >= 0.6 is 0 Å². The van der Waals surface area contributed by atoms with Crippen LogP contribution in [0.3, 0.4) is 0 Å². The van der Waals surface area contributed by atoms with Gasteiger partial charge >= 0.3 is 0 Å². The minimum Gasteiger partial charge on any atom is -0.497 e. The van der Waals surface area contributed by atoms with Crippen LogP contribution in [0.2, 0.25) is 0 Å². The van der Waals surface area contributed by atoms with Crippen molar-refractivity contribution in [2.24, 2.45) is 4.99 Å². The molecule has 1 N–H and O–H groups in total. The van der Waals surface area contributed by atoms with Gasteiger partial charge in [-0.25, -0.2) is 4.98 Å². The molecule has 6 nitrogen and oxygen atoms in total. The number of unbranched alkanes of at least 4 members (excludes halogenated alkanes) is 1. The Kier molecular flexibility index (Phi) is 7.32. The van der Waals surface area contributed by atoms with Crippen LogP contribution in [0, 0.1) is 6.92 Å². The van der Waals surface area contributed by atoms with Crippen LogP contribution in [0.15, 0.2) is 41.7 Å². The number of rotatable bonds is 8. The summed E-state index contributed by atoms with van der Waals surface area (Å²) >= 11 is 0. The van der Waals surface area contributed by atoms with Gasteiger partial charge in [0.1, 0.15) is 11.6 Å². The fourth-order valence-corrected chi connectivity index (χ4v) is 2.71. The van der Waals surface area contributed by atoms with E-state index in [4.69, 9.17) is 4.74 Å². The number of imidazole rings is 1. The molecule has 2 aromatic rings. The van der Waals surface area contributed by atoms with Crippen molar-refractivity contribution in [2.45, 2.75) is 32.9 Å². The van der Waals surface area contributed by atoms with E-state index in [1.54, 1.807) is 7.11 Å². The van der Waals surface area contributed by atoms with Gasteiger partial charge in [-0.05, 0) is 37.5 Å². The number of aryl methyl sites for hydroxylation is 2. The zero-order valence-electron chi connectivity index (χ0n) is 15.7. The molecule has 0 bridgehead atoms. The molecule has 0 aliphatic rings. The first kappa shape index (κ1) is 18.8. The number of hydrogen-bond acceptors (Lipinski definition) is 3. The average Bonchev–Trinajstić information content (AvgIpc) is 3.03. The summed E-state index contributed by atoms with van der Waals surface area (Å²) in [4.78, 5) is 10.7. The maximum atomic E-state index is 5.20. The number of nitrogens with one attached hydrogen (secondary N) is 1. The Morgan fingerprint density at radius 1 is 1.28 bits per heavy atom. The lowest BCUT2D eigenvalue weighted by Crippen LogP contribution is -2.38. The van der Waals surface area contributed by atoms with Crippen molar-refractivity contribution in [3.05, 3.63) is 48.0 Å². The molecule has 6 heteroatoms. The van der Waals surface area contributed by atoms with E-state index in [1.807, 2.05) is 38.5 Å².